The van der Waals surface area contributed by atoms with Crippen LogP contribution in [0.5, 0.6) is 0 Å². The number of aromatic nitrogens is 8. The van der Waals surface area contributed by atoms with Gasteiger partial charge in [-0.25, -0.2) is 18.7 Å². The molecule has 1 atom stereocenters. The van der Waals surface area contributed by atoms with Crippen molar-refractivity contribution in [1.82, 2.24) is 39.1 Å². The van der Waals surface area contributed by atoms with Gasteiger partial charge in [0.25, 0.3) is 0 Å². The van der Waals surface area contributed by atoms with Crippen molar-refractivity contribution in [2.45, 2.75) is 25.4 Å². The number of alkyl halides is 2. The molecule has 0 spiro atoms. The van der Waals surface area contributed by atoms with Crippen LogP contribution in [0.4, 0.5) is 29.3 Å². The standard InChI is InChI=1S/C24H19F4N9/c1-13-11-36-12-14(20-17(26)10-29-23(32-20)31-19-7-8-30-35(19)2)9-18(36)21-33-34-22(37(13)21)24(27,28)15-5-3-4-6-16(15)25/h3-10,12-13H,11H2,1-2H3,(H,29,31,32)/t13-/m0/s1. The molecule has 1 aromatic carbocycles. The molecule has 0 radical (unpaired) electrons. The van der Waals surface area contributed by atoms with Gasteiger partial charge >= 0.3 is 5.92 Å². The molecule has 0 saturated carbocycles. The third-order valence-corrected chi connectivity index (χ3v) is 6.29. The molecule has 0 aliphatic carbocycles. The minimum atomic E-state index is -3.71. The predicted molar refractivity (Wildman–Crippen MR) is 125 cm³/mol. The van der Waals surface area contributed by atoms with Gasteiger partial charge in [0.1, 0.15) is 17.3 Å². The van der Waals surface area contributed by atoms with E-state index in [4.69, 9.17) is 0 Å². The second kappa shape index (κ2) is 8.25. The lowest BCUT2D eigenvalue weighted by atomic mass is 10.1. The molecule has 0 unspecified atom stereocenters. The van der Waals surface area contributed by atoms with E-state index in [0.717, 1.165) is 18.3 Å². The average Bonchev–Trinajstić information content (AvgIpc) is 3.59. The number of hydrogen-bond donors (Lipinski definition) is 1. The number of hydrogen-bond acceptors (Lipinski definition) is 6. The Kier molecular flexibility index (Phi) is 5.10. The molecule has 13 heteroatoms. The summed E-state index contributed by atoms with van der Waals surface area (Å²) in [6.45, 7) is 2.02. The predicted octanol–water partition coefficient (Wildman–Crippen LogP) is 4.67. The summed E-state index contributed by atoms with van der Waals surface area (Å²) in [5.41, 5.74) is 0.108. The van der Waals surface area contributed by atoms with Gasteiger partial charge in [0, 0.05) is 31.4 Å². The van der Waals surface area contributed by atoms with Crippen LogP contribution < -0.4 is 5.32 Å². The van der Waals surface area contributed by atoms with E-state index in [1.807, 2.05) is 0 Å². The fourth-order valence-corrected chi connectivity index (χ4v) is 4.52. The van der Waals surface area contributed by atoms with E-state index in [1.165, 1.54) is 16.7 Å². The number of benzene rings is 1. The van der Waals surface area contributed by atoms with Crippen molar-refractivity contribution < 1.29 is 17.6 Å². The largest absolute Gasteiger partial charge is 0.342 e. The Morgan fingerprint density at radius 2 is 1.89 bits per heavy atom. The van der Waals surface area contributed by atoms with Crippen LogP contribution in [0.1, 0.15) is 24.4 Å². The van der Waals surface area contributed by atoms with E-state index in [2.05, 4.69) is 30.6 Å². The highest BCUT2D eigenvalue weighted by atomic mass is 19.3. The molecule has 0 saturated heterocycles. The van der Waals surface area contributed by atoms with Gasteiger partial charge in [0.15, 0.2) is 11.6 Å². The van der Waals surface area contributed by atoms with Crippen molar-refractivity contribution in [3.05, 3.63) is 78.0 Å². The highest BCUT2D eigenvalue weighted by Crippen LogP contribution is 2.41. The van der Waals surface area contributed by atoms with Crippen LogP contribution in [-0.2, 0) is 19.5 Å². The van der Waals surface area contributed by atoms with Gasteiger partial charge in [-0.3, -0.25) is 9.25 Å². The van der Waals surface area contributed by atoms with Gasteiger partial charge in [-0.05, 0) is 25.1 Å². The SMILES string of the molecule is C[C@H]1Cn2cc(-c3nc(Nc4ccnn4C)ncc3F)cc2-c2nnc(C(F)(F)c3ccccc3F)n21. The van der Waals surface area contributed by atoms with E-state index in [1.54, 1.807) is 47.7 Å². The Morgan fingerprint density at radius 1 is 1.08 bits per heavy atom. The number of fused-ring (bicyclic) bond motifs is 3. The summed E-state index contributed by atoms with van der Waals surface area (Å²) in [7, 11) is 1.73. The molecule has 1 N–H and O–H groups in total. The van der Waals surface area contributed by atoms with Crippen molar-refractivity contribution in [2.24, 2.45) is 7.05 Å². The summed E-state index contributed by atoms with van der Waals surface area (Å²) >= 11 is 0. The minimum Gasteiger partial charge on any atom is -0.342 e. The molecule has 6 rings (SSSR count). The van der Waals surface area contributed by atoms with E-state index < -0.39 is 35.0 Å². The molecule has 37 heavy (non-hydrogen) atoms. The Balaban J connectivity index is 1.40. The Morgan fingerprint density at radius 3 is 2.65 bits per heavy atom. The van der Waals surface area contributed by atoms with Gasteiger partial charge in [0.2, 0.25) is 11.8 Å². The van der Waals surface area contributed by atoms with Crippen LogP contribution in [0.2, 0.25) is 0 Å². The van der Waals surface area contributed by atoms with Crippen molar-refractivity contribution in [3.63, 3.8) is 0 Å². The Hall–Kier alpha value is -4.55. The van der Waals surface area contributed by atoms with Crippen LogP contribution in [0.25, 0.3) is 22.8 Å². The second-order valence-electron chi connectivity index (χ2n) is 8.74. The number of rotatable bonds is 5. The molecule has 5 aromatic rings. The van der Waals surface area contributed by atoms with Crippen LogP contribution in [0.15, 0.2) is 55.0 Å². The van der Waals surface area contributed by atoms with Crippen LogP contribution in [0, 0.1) is 11.6 Å². The smallest absolute Gasteiger partial charge is 0.334 e. The van der Waals surface area contributed by atoms with E-state index in [0.29, 0.717) is 17.1 Å². The summed E-state index contributed by atoms with van der Waals surface area (Å²) in [4.78, 5) is 8.31. The number of anilines is 2. The molecule has 188 valence electrons. The zero-order chi connectivity index (χ0) is 25.9. The molecule has 0 fully saturated rings. The lowest BCUT2D eigenvalue weighted by Crippen LogP contribution is -2.28. The first kappa shape index (κ1) is 22.9. The van der Waals surface area contributed by atoms with Gasteiger partial charge in [-0.15, -0.1) is 10.2 Å². The topological polar surface area (TPSA) is 91.3 Å². The lowest BCUT2D eigenvalue weighted by Gasteiger charge is -2.27. The van der Waals surface area contributed by atoms with Crippen LogP contribution in [-0.4, -0.2) is 39.1 Å². The maximum absolute atomic E-state index is 15.4. The maximum Gasteiger partial charge on any atom is 0.334 e. The second-order valence-corrected chi connectivity index (χ2v) is 8.74. The number of nitrogens with one attached hydrogen (secondary N) is 1. The minimum absolute atomic E-state index is 0.0252. The first-order chi connectivity index (χ1) is 17.7. The highest BCUT2D eigenvalue weighted by molar-refractivity contribution is 5.69. The Labute approximate surface area is 207 Å². The fraction of sp³-hybridized carbons (Fsp3) is 0.208. The maximum atomic E-state index is 15.4. The third-order valence-electron chi connectivity index (χ3n) is 6.29. The van der Waals surface area contributed by atoms with Crippen molar-refractivity contribution in [3.8, 4) is 22.8 Å². The van der Waals surface area contributed by atoms with Crippen LogP contribution >= 0.6 is 0 Å². The molecule has 1 aliphatic rings. The van der Waals surface area contributed by atoms with E-state index in [9.17, 15) is 8.78 Å². The fourth-order valence-electron chi connectivity index (χ4n) is 4.52. The van der Waals surface area contributed by atoms with Crippen molar-refractivity contribution in [1.29, 1.82) is 0 Å². The zero-order valence-electron chi connectivity index (χ0n) is 19.6. The van der Waals surface area contributed by atoms with Gasteiger partial charge < -0.3 is 9.88 Å². The monoisotopic (exact) mass is 509 g/mol. The lowest BCUT2D eigenvalue weighted by molar-refractivity contribution is 0.0231. The third kappa shape index (κ3) is 3.65. The van der Waals surface area contributed by atoms with E-state index >= 15 is 8.78 Å². The average molecular weight is 509 g/mol. The number of halogens is 4. The molecule has 4 aromatic heterocycles. The molecular weight excluding hydrogens is 490 g/mol. The molecular formula is C24H19F4N9. The normalized spacial score (nSPS) is 14.9. The summed E-state index contributed by atoms with van der Waals surface area (Å²) in [5.74, 6) is -5.13. The summed E-state index contributed by atoms with van der Waals surface area (Å²) in [6.07, 6.45) is 4.32. The van der Waals surface area contributed by atoms with Crippen molar-refractivity contribution in [2.75, 3.05) is 5.32 Å². The summed E-state index contributed by atoms with van der Waals surface area (Å²) in [6, 6.07) is 7.53. The van der Waals surface area contributed by atoms with Crippen LogP contribution in [0.3, 0.4) is 0 Å². The highest BCUT2D eigenvalue weighted by Gasteiger charge is 2.44. The summed E-state index contributed by atoms with van der Waals surface area (Å²) < 4.78 is 64.5. The number of nitrogens with zero attached hydrogens (tertiary/aromatic N) is 8. The van der Waals surface area contributed by atoms with Crippen molar-refractivity contribution >= 4 is 11.8 Å². The van der Waals surface area contributed by atoms with Gasteiger partial charge in [-0.1, -0.05) is 12.1 Å². The first-order valence-corrected chi connectivity index (χ1v) is 11.3. The van der Waals surface area contributed by atoms with E-state index in [-0.39, 0.29) is 24.0 Å². The molecule has 5 heterocycles. The first-order valence-electron chi connectivity index (χ1n) is 11.3. The van der Waals surface area contributed by atoms with Gasteiger partial charge in [-0.2, -0.15) is 13.9 Å². The summed E-state index contributed by atoms with van der Waals surface area (Å²) in [5, 5.41) is 14.8. The molecule has 0 amide bonds. The Bertz CT molecular complexity index is 1630. The zero-order valence-corrected chi connectivity index (χ0v) is 19.6. The molecule has 9 nitrogen and oxygen atoms in total. The van der Waals surface area contributed by atoms with Gasteiger partial charge in [0.05, 0.1) is 29.7 Å². The quantitative estimate of drug-likeness (QED) is 0.346. The number of aryl methyl sites for hydroxylation is 1. The molecule has 0 bridgehead atoms. The molecule has 1 aliphatic heterocycles.